The highest BCUT2D eigenvalue weighted by atomic mass is 35.5. The summed E-state index contributed by atoms with van der Waals surface area (Å²) in [4.78, 5) is 6.04. The topological polar surface area (TPSA) is 49.1 Å². The average Bonchev–Trinajstić information content (AvgIpc) is 2.47. The number of methoxy groups -OCH3 is 1. The molecule has 1 heterocycles. The molecular formula is C14H12ClN3O. The lowest BCUT2D eigenvalue weighted by atomic mass is 10.2. The summed E-state index contributed by atoms with van der Waals surface area (Å²) >= 11 is 6.16. The second-order valence-corrected chi connectivity index (χ2v) is 4.24. The third-order valence-electron chi connectivity index (χ3n) is 2.77. The highest BCUT2D eigenvalue weighted by Crippen LogP contribution is 2.31. The van der Waals surface area contributed by atoms with E-state index in [2.05, 4.69) is 4.98 Å². The Morgan fingerprint density at radius 2 is 1.95 bits per heavy atom. The van der Waals surface area contributed by atoms with Crippen molar-refractivity contribution in [1.29, 1.82) is 5.26 Å². The maximum atomic E-state index is 8.97. The van der Waals surface area contributed by atoms with Crippen LogP contribution in [0.2, 0.25) is 5.02 Å². The van der Waals surface area contributed by atoms with Gasteiger partial charge in [0.1, 0.15) is 16.8 Å². The predicted molar refractivity (Wildman–Crippen MR) is 75.0 cm³/mol. The maximum absolute atomic E-state index is 8.97. The number of rotatable bonds is 3. The highest BCUT2D eigenvalue weighted by Gasteiger charge is 2.13. The van der Waals surface area contributed by atoms with E-state index in [9.17, 15) is 0 Å². The van der Waals surface area contributed by atoms with Crippen molar-refractivity contribution in [1.82, 2.24) is 4.98 Å². The van der Waals surface area contributed by atoms with E-state index in [0.29, 0.717) is 16.4 Å². The molecule has 0 N–H and O–H groups in total. The van der Waals surface area contributed by atoms with Crippen LogP contribution < -0.4 is 9.64 Å². The van der Waals surface area contributed by atoms with Crippen molar-refractivity contribution in [2.24, 2.45) is 0 Å². The lowest BCUT2D eigenvalue weighted by Crippen LogP contribution is -2.12. The smallest absolute Gasteiger partial charge is 0.152 e. The number of nitrogens with zero attached hydrogens (tertiary/aromatic N) is 3. The van der Waals surface area contributed by atoms with Crippen molar-refractivity contribution in [3.05, 3.63) is 47.1 Å². The van der Waals surface area contributed by atoms with Crippen LogP contribution in [0.25, 0.3) is 0 Å². The van der Waals surface area contributed by atoms with Crippen LogP contribution in [0.4, 0.5) is 11.5 Å². The van der Waals surface area contributed by atoms with E-state index in [-0.39, 0.29) is 0 Å². The van der Waals surface area contributed by atoms with Gasteiger partial charge in [0.15, 0.2) is 5.82 Å². The molecule has 0 atom stereocenters. The van der Waals surface area contributed by atoms with E-state index < -0.39 is 0 Å². The van der Waals surface area contributed by atoms with Crippen LogP contribution in [0.15, 0.2) is 36.5 Å². The summed E-state index contributed by atoms with van der Waals surface area (Å²) in [5, 5.41) is 9.32. The van der Waals surface area contributed by atoms with Crippen LogP contribution in [0.3, 0.4) is 0 Å². The van der Waals surface area contributed by atoms with E-state index in [4.69, 9.17) is 21.6 Å². The molecule has 0 saturated carbocycles. The minimum Gasteiger partial charge on any atom is -0.497 e. The van der Waals surface area contributed by atoms with E-state index >= 15 is 0 Å². The summed E-state index contributed by atoms with van der Waals surface area (Å²) < 4.78 is 5.11. The first-order valence-corrected chi connectivity index (χ1v) is 5.97. The maximum Gasteiger partial charge on any atom is 0.152 e. The van der Waals surface area contributed by atoms with Crippen molar-refractivity contribution in [3.63, 3.8) is 0 Å². The van der Waals surface area contributed by atoms with E-state index in [1.165, 1.54) is 0 Å². The van der Waals surface area contributed by atoms with Crippen molar-refractivity contribution in [2.45, 2.75) is 0 Å². The van der Waals surface area contributed by atoms with Crippen molar-refractivity contribution in [2.75, 3.05) is 19.1 Å². The third-order valence-corrected chi connectivity index (χ3v) is 3.14. The second kappa shape index (κ2) is 5.59. The number of hydrogen-bond acceptors (Lipinski definition) is 4. The van der Waals surface area contributed by atoms with Gasteiger partial charge in [-0.05, 0) is 30.3 Å². The van der Waals surface area contributed by atoms with Gasteiger partial charge in [-0.2, -0.15) is 5.26 Å². The first-order valence-electron chi connectivity index (χ1n) is 5.59. The van der Waals surface area contributed by atoms with Crippen LogP contribution >= 0.6 is 11.6 Å². The number of pyridine rings is 1. The fraction of sp³-hybridized carbons (Fsp3) is 0.143. The fourth-order valence-electron chi connectivity index (χ4n) is 1.68. The first kappa shape index (κ1) is 13.2. The van der Waals surface area contributed by atoms with Gasteiger partial charge in [-0.1, -0.05) is 11.6 Å². The summed E-state index contributed by atoms with van der Waals surface area (Å²) in [7, 11) is 3.46. The number of halogens is 1. The summed E-state index contributed by atoms with van der Waals surface area (Å²) in [6.07, 6.45) is 1.57. The molecule has 0 radical (unpaired) electrons. The Morgan fingerprint density at radius 1 is 1.26 bits per heavy atom. The number of nitriles is 1. The minimum absolute atomic E-state index is 0.350. The molecule has 0 unspecified atom stereocenters. The van der Waals surface area contributed by atoms with Crippen LogP contribution in [0.5, 0.6) is 5.75 Å². The highest BCUT2D eigenvalue weighted by molar-refractivity contribution is 6.34. The molecule has 2 aromatic rings. The molecule has 0 aliphatic rings. The summed E-state index contributed by atoms with van der Waals surface area (Å²) in [5.41, 5.74) is 1.32. The molecule has 1 aromatic heterocycles. The van der Waals surface area contributed by atoms with E-state index in [1.807, 2.05) is 42.3 Å². The molecular weight excluding hydrogens is 262 g/mol. The van der Waals surface area contributed by atoms with Crippen LogP contribution in [0.1, 0.15) is 5.56 Å². The fourth-order valence-corrected chi connectivity index (χ4v) is 1.96. The Labute approximate surface area is 116 Å². The molecule has 96 valence electrons. The molecule has 0 bridgehead atoms. The SMILES string of the molecule is COc1ccc(N(C)c2nccc(C#N)c2Cl)cc1. The Balaban J connectivity index is 2.38. The van der Waals surface area contributed by atoms with Crippen LogP contribution in [-0.2, 0) is 0 Å². The van der Waals surface area contributed by atoms with Crippen molar-refractivity contribution < 1.29 is 4.74 Å². The number of hydrogen-bond donors (Lipinski definition) is 0. The lowest BCUT2D eigenvalue weighted by Gasteiger charge is -2.19. The van der Waals surface area contributed by atoms with Gasteiger partial charge in [-0.15, -0.1) is 0 Å². The quantitative estimate of drug-likeness (QED) is 0.860. The van der Waals surface area contributed by atoms with Gasteiger partial charge >= 0.3 is 0 Å². The predicted octanol–water partition coefficient (Wildman–Crippen LogP) is 3.38. The normalized spacial score (nSPS) is 9.79. The molecule has 0 fully saturated rings. The van der Waals surface area contributed by atoms with Gasteiger partial charge < -0.3 is 9.64 Å². The molecule has 0 saturated heterocycles. The van der Waals surface area contributed by atoms with Crippen molar-refractivity contribution in [3.8, 4) is 11.8 Å². The molecule has 4 nitrogen and oxygen atoms in total. The number of ether oxygens (including phenoxy) is 1. The zero-order valence-corrected chi connectivity index (χ0v) is 11.3. The standard InChI is InChI=1S/C14H12ClN3O/c1-18(11-3-5-12(19-2)6-4-11)14-13(15)10(9-16)7-8-17-14/h3-8H,1-2H3. The Kier molecular flexibility index (Phi) is 3.88. The summed E-state index contributed by atoms with van der Waals surface area (Å²) in [6, 6.07) is 11.1. The van der Waals surface area contributed by atoms with E-state index in [0.717, 1.165) is 11.4 Å². The van der Waals surface area contributed by atoms with Gasteiger partial charge in [0, 0.05) is 18.9 Å². The second-order valence-electron chi connectivity index (χ2n) is 3.86. The van der Waals surface area contributed by atoms with Crippen LogP contribution in [-0.4, -0.2) is 19.1 Å². The van der Waals surface area contributed by atoms with Gasteiger partial charge in [0.25, 0.3) is 0 Å². The third kappa shape index (κ3) is 2.61. The molecule has 0 amide bonds. The van der Waals surface area contributed by atoms with Gasteiger partial charge in [-0.25, -0.2) is 4.98 Å². The number of benzene rings is 1. The Bertz CT molecular complexity index is 620. The molecule has 0 spiro atoms. The molecule has 5 heteroatoms. The molecule has 0 aliphatic carbocycles. The monoisotopic (exact) mass is 273 g/mol. The molecule has 0 aliphatic heterocycles. The van der Waals surface area contributed by atoms with Gasteiger partial charge in [-0.3, -0.25) is 0 Å². The van der Waals surface area contributed by atoms with Gasteiger partial charge in [0.05, 0.1) is 12.7 Å². The Hall–Kier alpha value is -2.25. The lowest BCUT2D eigenvalue weighted by molar-refractivity contribution is 0.415. The Morgan fingerprint density at radius 3 is 2.53 bits per heavy atom. The van der Waals surface area contributed by atoms with Crippen LogP contribution in [0, 0.1) is 11.3 Å². The summed E-state index contributed by atoms with van der Waals surface area (Å²) in [6.45, 7) is 0. The number of anilines is 2. The van der Waals surface area contributed by atoms with E-state index in [1.54, 1.807) is 19.4 Å². The zero-order chi connectivity index (χ0) is 13.8. The van der Waals surface area contributed by atoms with Crippen molar-refractivity contribution >= 4 is 23.1 Å². The minimum atomic E-state index is 0.350. The summed E-state index contributed by atoms with van der Waals surface area (Å²) in [5.74, 6) is 1.33. The zero-order valence-electron chi connectivity index (χ0n) is 10.6. The molecule has 1 aromatic carbocycles. The molecule has 19 heavy (non-hydrogen) atoms. The van der Waals surface area contributed by atoms with Gasteiger partial charge in [0.2, 0.25) is 0 Å². The first-order chi connectivity index (χ1) is 9.17. The number of aromatic nitrogens is 1. The largest absolute Gasteiger partial charge is 0.497 e. The molecule has 2 rings (SSSR count). The average molecular weight is 274 g/mol.